The van der Waals surface area contributed by atoms with E-state index in [1.165, 1.54) is 10.7 Å². The van der Waals surface area contributed by atoms with E-state index in [2.05, 4.69) is 25.2 Å². The smallest absolute Gasteiger partial charge is 0.419 e. The molecule has 11 heteroatoms. The molecule has 1 atom stereocenters. The van der Waals surface area contributed by atoms with Crippen molar-refractivity contribution in [3.8, 4) is 17.0 Å². The maximum atomic E-state index is 13.9. The molecule has 0 spiro atoms. The van der Waals surface area contributed by atoms with E-state index in [0.29, 0.717) is 29.1 Å². The Morgan fingerprint density at radius 2 is 2.03 bits per heavy atom. The number of hydrogen-bond acceptors (Lipinski definition) is 7. The van der Waals surface area contributed by atoms with Gasteiger partial charge in [-0.05, 0) is 55.2 Å². The maximum Gasteiger partial charge on any atom is 0.419 e. The van der Waals surface area contributed by atoms with Crippen molar-refractivity contribution in [1.29, 1.82) is 0 Å². The number of nitrogens with zero attached hydrogens (tertiary/aromatic N) is 6. The summed E-state index contributed by atoms with van der Waals surface area (Å²) >= 11 is 0. The van der Waals surface area contributed by atoms with Gasteiger partial charge in [0.1, 0.15) is 11.6 Å². The lowest BCUT2D eigenvalue weighted by Gasteiger charge is -2.18. The first kappa shape index (κ1) is 22.9. The second kappa shape index (κ2) is 9.05. The van der Waals surface area contributed by atoms with Crippen LogP contribution in [0.1, 0.15) is 18.4 Å². The number of hydrogen-bond donors (Lipinski definition) is 1. The van der Waals surface area contributed by atoms with Crippen LogP contribution in [-0.2, 0) is 13.2 Å². The van der Waals surface area contributed by atoms with Crippen molar-refractivity contribution in [3.05, 3.63) is 54.2 Å². The Kier molecular flexibility index (Phi) is 5.91. The molecule has 8 nitrogen and oxygen atoms in total. The van der Waals surface area contributed by atoms with Crippen molar-refractivity contribution in [2.45, 2.75) is 19.0 Å². The molecule has 1 aliphatic rings. The van der Waals surface area contributed by atoms with Crippen LogP contribution < -0.4 is 15.4 Å². The van der Waals surface area contributed by atoms with Crippen molar-refractivity contribution < 1.29 is 17.9 Å². The first-order valence-electron chi connectivity index (χ1n) is 11.3. The van der Waals surface area contributed by atoms with Gasteiger partial charge >= 0.3 is 6.18 Å². The van der Waals surface area contributed by atoms with Crippen LogP contribution in [0.5, 0.6) is 5.75 Å². The Morgan fingerprint density at radius 1 is 1.17 bits per heavy atom. The normalized spacial score (nSPS) is 16.2. The summed E-state index contributed by atoms with van der Waals surface area (Å²) in [7, 11) is 1.68. The monoisotopic (exact) mass is 483 g/mol. The van der Waals surface area contributed by atoms with Gasteiger partial charge in [0, 0.05) is 31.9 Å². The lowest BCUT2D eigenvalue weighted by atomic mass is 10.0. The highest BCUT2D eigenvalue weighted by Gasteiger charge is 2.35. The fourth-order valence-electron chi connectivity index (χ4n) is 4.39. The molecule has 1 fully saturated rings. The molecule has 0 aliphatic carbocycles. The third-order valence-electron chi connectivity index (χ3n) is 6.25. The quantitative estimate of drug-likeness (QED) is 0.436. The number of anilines is 2. The van der Waals surface area contributed by atoms with E-state index in [9.17, 15) is 13.2 Å². The van der Waals surface area contributed by atoms with Gasteiger partial charge in [-0.1, -0.05) is 11.3 Å². The topological polar surface area (TPSA) is 95.0 Å². The molecule has 0 bridgehead atoms. The van der Waals surface area contributed by atoms with Crippen LogP contribution in [0.2, 0.25) is 0 Å². The van der Waals surface area contributed by atoms with Crippen molar-refractivity contribution >= 4 is 22.7 Å². The summed E-state index contributed by atoms with van der Waals surface area (Å²) in [5.74, 6) is 1.16. The number of rotatable bonds is 6. The van der Waals surface area contributed by atoms with Gasteiger partial charge in [0.2, 0.25) is 0 Å². The van der Waals surface area contributed by atoms with Gasteiger partial charge in [-0.2, -0.15) is 13.2 Å². The van der Waals surface area contributed by atoms with E-state index in [0.717, 1.165) is 31.4 Å². The second-order valence-corrected chi connectivity index (χ2v) is 8.61. The van der Waals surface area contributed by atoms with Crippen LogP contribution in [0, 0.1) is 5.92 Å². The lowest BCUT2D eigenvalue weighted by Crippen LogP contribution is -2.21. The van der Waals surface area contributed by atoms with E-state index < -0.39 is 11.7 Å². The maximum absolute atomic E-state index is 13.9. The van der Waals surface area contributed by atoms with Gasteiger partial charge in [-0.15, -0.1) is 5.10 Å². The van der Waals surface area contributed by atoms with Gasteiger partial charge in [-0.3, -0.25) is 0 Å². The number of pyridine rings is 2. The molecular formula is C24H24F3N7O. The number of benzene rings is 1. The van der Waals surface area contributed by atoms with Gasteiger partial charge in [-0.25, -0.2) is 14.6 Å². The Bertz CT molecular complexity index is 1340. The van der Waals surface area contributed by atoms with Crippen LogP contribution in [0.3, 0.4) is 0 Å². The molecule has 1 aliphatic heterocycles. The first-order chi connectivity index (χ1) is 16.8. The number of aryl methyl sites for hydroxylation is 1. The molecule has 4 aromatic rings. The first-order valence-corrected chi connectivity index (χ1v) is 11.3. The van der Waals surface area contributed by atoms with Crippen molar-refractivity contribution in [3.63, 3.8) is 0 Å². The van der Waals surface area contributed by atoms with Crippen molar-refractivity contribution in [1.82, 2.24) is 25.0 Å². The molecule has 0 radical (unpaired) electrons. The molecule has 0 unspecified atom stereocenters. The predicted octanol–water partition coefficient (Wildman–Crippen LogP) is 4.32. The number of nitrogen functional groups attached to an aromatic ring is 1. The molecule has 4 heterocycles. The zero-order valence-corrected chi connectivity index (χ0v) is 19.0. The zero-order chi connectivity index (χ0) is 24.6. The Balaban J connectivity index is 1.31. The summed E-state index contributed by atoms with van der Waals surface area (Å²) in [6.45, 7) is 1.88. The Morgan fingerprint density at radius 3 is 2.80 bits per heavy atom. The highest BCUT2D eigenvalue weighted by atomic mass is 19.4. The zero-order valence-electron chi connectivity index (χ0n) is 19.0. The molecule has 1 saturated heterocycles. The number of halogens is 3. The van der Waals surface area contributed by atoms with Crippen LogP contribution in [-0.4, -0.2) is 44.7 Å². The molecule has 182 valence electrons. The number of aromatic nitrogens is 5. The van der Waals surface area contributed by atoms with E-state index >= 15 is 0 Å². The molecule has 2 N–H and O–H groups in total. The third-order valence-corrected chi connectivity index (χ3v) is 6.25. The van der Waals surface area contributed by atoms with Gasteiger partial charge in [0.15, 0.2) is 11.3 Å². The van der Waals surface area contributed by atoms with Crippen molar-refractivity contribution in [2.75, 3.05) is 30.3 Å². The largest absolute Gasteiger partial charge is 0.493 e. The van der Waals surface area contributed by atoms with Gasteiger partial charge < -0.3 is 15.4 Å². The van der Waals surface area contributed by atoms with Crippen LogP contribution >= 0.6 is 0 Å². The average Bonchev–Trinajstić information content (AvgIpc) is 3.46. The summed E-state index contributed by atoms with van der Waals surface area (Å²) < 4.78 is 48.8. The Labute approximate surface area is 199 Å². The summed E-state index contributed by atoms with van der Waals surface area (Å²) in [5.41, 5.74) is 6.67. The second-order valence-electron chi connectivity index (χ2n) is 8.61. The fraction of sp³-hybridized carbons (Fsp3) is 0.333. The van der Waals surface area contributed by atoms with E-state index in [-0.39, 0.29) is 23.7 Å². The van der Waals surface area contributed by atoms with Gasteiger partial charge in [0.25, 0.3) is 0 Å². The molecular weight excluding hydrogens is 459 g/mol. The standard InChI is InChI=1S/C24H24F3N7O/c1-33-19-13-18(30-23(28)22(19)31-32-33)16-5-6-20(17(12-16)24(25,26)27)35-11-8-15-7-10-34(14-15)21-4-2-3-9-29-21/h2-6,9,12-13,15H,7-8,10-11,14H2,1H3,(H2,28,30)/t15-/m0/s1. The number of ether oxygens (including phenoxy) is 1. The number of alkyl halides is 3. The van der Waals surface area contributed by atoms with E-state index in [1.54, 1.807) is 25.4 Å². The minimum absolute atomic E-state index is 0.107. The van der Waals surface area contributed by atoms with Crippen LogP contribution in [0.25, 0.3) is 22.3 Å². The SMILES string of the molecule is Cn1nnc2c(N)nc(-c3ccc(OCC[C@@H]4CCN(c5ccccn5)C4)c(C(F)(F)F)c3)cc21. The molecule has 0 saturated carbocycles. The summed E-state index contributed by atoms with van der Waals surface area (Å²) in [4.78, 5) is 10.8. The molecule has 5 rings (SSSR count). The average molecular weight is 483 g/mol. The summed E-state index contributed by atoms with van der Waals surface area (Å²) in [5, 5.41) is 7.82. The lowest BCUT2D eigenvalue weighted by molar-refractivity contribution is -0.138. The van der Waals surface area contributed by atoms with E-state index in [1.807, 2.05) is 18.2 Å². The molecule has 3 aromatic heterocycles. The summed E-state index contributed by atoms with van der Waals surface area (Å²) in [6, 6.07) is 11.3. The minimum Gasteiger partial charge on any atom is -0.493 e. The van der Waals surface area contributed by atoms with Gasteiger partial charge in [0.05, 0.1) is 23.4 Å². The van der Waals surface area contributed by atoms with Crippen LogP contribution in [0.4, 0.5) is 24.8 Å². The minimum atomic E-state index is -4.59. The number of fused-ring (bicyclic) bond motifs is 1. The molecule has 35 heavy (non-hydrogen) atoms. The number of nitrogens with two attached hydrogens (primary N) is 1. The highest BCUT2D eigenvalue weighted by Crippen LogP contribution is 2.39. The van der Waals surface area contributed by atoms with E-state index in [4.69, 9.17) is 10.5 Å². The Hall–Kier alpha value is -3.89. The molecule has 0 amide bonds. The van der Waals surface area contributed by atoms with Crippen LogP contribution in [0.15, 0.2) is 48.7 Å². The predicted molar refractivity (Wildman–Crippen MR) is 126 cm³/mol. The highest BCUT2D eigenvalue weighted by molar-refractivity contribution is 5.87. The third kappa shape index (κ3) is 4.71. The fourth-order valence-corrected chi connectivity index (χ4v) is 4.39. The van der Waals surface area contributed by atoms with Crippen molar-refractivity contribution in [2.24, 2.45) is 13.0 Å². The summed E-state index contributed by atoms with van der Waals surface area (Å²) in [6.07, 6.45) is -1.23. The molecule has 1 aromatic carbocycles.